The van der Waals surface area contributed by atoms with Crippen LogP contribution < -0.4 is 10.5 Å². The fourth-order valence-electron chi connectivity index (χ4n) is 4.25. The fourth-order valence-corrected chi connectivity index (χ4v) is 4.25. The van der Waals surface area contributed by atoms with Gasteiger partial charge in [-0.3, -0.25) is 4.98 Å². The van der Waals surface area contributed by atoms with Gasteiger partial charge in [-0.05, 0) is 58.2 Å². The van der Waals surface area contributed by atoms with Crippen LogP contribution in [0.3, 0.4) is 0 Å². The minimum atomic E-state index is -0.396. The molecule has 0 saturated carbocycles. The Balaban J connectivity index is 1.55. The lowest BCUT2D eigenvalue weighted by Crippen LogP contribution is -2.50. The Bertz CT molecular complexity index is 1320. The first-order chi connectivity index (χ1) is 14.4. The van der Waals surface area contributed by atoms with E-state index in [0.29, 0.717) is 28.5 Å². The highest BCUT2D eigenvalue weighted by atomic mass is 16.4. The van der Waals surface area contributed by atoms with Gasteiger partial charge in [0.05, 0.1) is 5.69 Å². The monoisotopic (exact) mass is 403 g/mol. The molecule has 6 heteroatoms. The summed E-state index contributed by atoms with van der Waals surface area (Å²) in [5.41, 5.74) is 4.15. The third kappa shape index (κ3) is 3.17. The third-order valence-corrected chi connectivity index (χ3v) is 6.11. The van der Waals surface area contributed by atoms with Crippen molar-refractivity contribution in [3.63, 3.8) is 0 Å². The molecule has 6 nitrogen and oxygen atoms in total. The number of benzene rings is 1. The van der Waals surface area contributed by atoms with Crippen molar-refractivity contribution in [2.75, 3.05) is 31.6 Å². The van der Waals surface area contributed by atoms with Gasteiger partial charge in [-0.15, -0.1) is 0 Å². The molecule has 154 valence electrons. The molecule has 4 aromatic rings. The summed E-state index contributed by atoms with van der Waals surface area (Å²) in [5.74, 6) is 0.508. The minimum absolute atomic E-state index is 0.396. The van der Waals surface area contributed by atoms with Gasteiger partial charge in [-0.2, -0.15) is 0 Å². The summed E-state index contributed by atoms with van der Waals surface area (Å²) in [4.78, 5) is 21.9. The van der Waals surface area contributed by atoms with Crippen LogP contribution in [0.4, 0.5) is 5.69 Å². The molecule has 1 saturated heterocycles. The zero-order valence-corrected chi connectivity index (χ0v) is 17.7. The van der Waals surface area contributed by atoms with Crippen molar-refractivity contribution < 1.29 is 8.83 Å². The Morgan fingerprint density at radius 3 is 2.67 bits per heavy atom. The van der Waals surface area contributed by atoms with Gasteiger partial charge in [0.15, 0.2) is 5.58 Å². The van der Waals surface area contributed by atoms with Crippen molar-refractivity contribution in [3.05, 3.63) is 58.2 Å². The first kappa shape index (κ1) is 18.9. The van der Waals surface area contributed by atoms with Crippen LogP contribution in [-0.2, 0) is 0 Å². The van der Waals surface area contributed by atoms with E-state index in [1.165, 1.54) is 0 Å². The predicted octanol–water partition coefficient (Wildman–Crippen LogP) is 4.36. The Morgan fingerprint density at radius 1 is 1.03 bits per heavy atom. The van der Waals surface area contributed by atoms with Gasteiger partial charge in [-0.25, -0.2) is 4.79 Å². The van der Waals surface area contributed by atoms with Crippen LogP contribution in [0.2, 0.25) is 0 Å². The van der Waals surface area contributed by atoms with E-state index in [4.69, 9.17) is 8.83 Å². The maximum atomic E-state index is 12.8. The molecule has 3 aromatic heterocycles. The normalized spacial score (nSPS) is 17.9. The second-order valence-corrected chi connectivity index (χ2v) is 8.32. The van der Waals surface area contributed by atoms with Crippen LogP contribution >= 0.6 is 0 Å². The first-order valence-corrected chi connectivity index (χ1v) is 10.3. The number of aryl methyl sites for hydroxylation is 2. The lowest BCUT2D eigenvalue weighted by atomic mass is 10.1. The summed E-state index contributed by atoms with van der Waals surface area (Å²) in [6.45, 7) is 9.01. The molecule has 0 unspecified atom stereocenters. The van der Waals surface area contributed by atoms with E-state index in [9.17, 15) is 4.79 Å². The van der Waals surface area contributed by atoms with Crippen LogP contribution in [0.5, 0.6) is 0 Å². The number of nitrogens with zero attached hydrogens (tertiary/aromatic N) is 3. The van der Waals surface area contributed by atoms with E-state index < -0.39 is 5.63 Å². The standard InChI is InChI=1S/C24H25N3O3/c1-14-9-18-11-22(29-23(18)16(3)25-14)20-10-17-5-6-19(12-21(17)30-24(20)28)27-8-7-26(4)15(2)13-27/h5-6,9-12,15H,7-8,13H2,1-4H3/t15-/m0/s1. The average molecular weight is 403 g/mol. The third-order valence-electron chi connectivity index (χ3n) is 6.11. The number of likely N-dealkylation sites (N-methyl/N-ethyl adjacent to an activating group) is 1. The van der Waals surface area contributed by atoms with Crippen molar-refractivity contribution in [3.8, 4) is 11.3 Å². The summed E-state index contributed by atoms with van der Waals surface area (Å²) in [6, 6.07) is 12.3. The maximum absolute atomic E-state index is 12.8. The van der Waals surface area contributed by atoms with Gasteiger partial charge >= 0.3 is 5.63 Å². The van der Waals surface area contributed by atoms with Gasteiger partial charge in [-0.1, -0.05) is 0 Å². The highest BCUT2D eigenvalue weighted by Crippen LogP contribution is 2.31. The summed E-state index contributed by atoms with van der Waals surface area (Å²) in [7, 11) is 2.15. The maximum Gasteiger partial charge on any atom is 0.347 e. The number of anilines is 1. The molecule has 1 atom stereocenters. The largest absolute Gasteiger partial charge is 0.454 e. The molecule has 0 N–H and O–H groups in total. The van der Waals surface area contributed by atoms with Crippen molar-refractivity contribution in [1.29, 1.82) is 0 Å². The predicted molar refractivity (Wildman–Crippen MR) is 119 cm³/mol. The number of furan rings is 1. The summed E-state index contributed by atoms with van der Waals surface area (Å²) >= 11 is 0. The molecule has 1 aromatic carbocycles. The number of fused-ring (bicyclic) bond motifs is 2. The molecule has 1 fully saturated rings. The summed E-state index contributed by atoms with van der Waals surface area (Å²) < 4.78 is 11.7. The SMILES string of the molecule is Cc1cc2cc(-c3cc4ccc(N5CCN(C)[C@@H](C)C5)cc4oc3=O)oc2c(C)n1. The van der Waals surface area contributed by atoms with E-state index in [1.54, 1.807) is 0 Å². The zero-order chi connectivity index (χ0) is 21.0. The number of piperazine rings is 1. The summed E-state index contributed by atoms with van der Waals surface area (Å²) in [5, 5.41) is 1.82. The van der Waals surface area contributed by atoms with Crippen molar-refractivity contribution in [2.24, 2.45) is 0 Å². The Hall–Kier alpha value is -3.12. The van der Waals surface area contributed by atoms with E-state index in [2.05, 4.69) is 34.8 Å². The number of rotatable bonds is 2. The number of hydrogen-bond donors (Lipinski definition) is 0. The van der Waals surface area contributed by atoms with E-state index >= 15 is 0 Å². The van der Waals surface area contributed by atoms with Crippen LogP contribution in [-0.4, -0.2) is 42.6 Å². The summed E-state index contributed by atoms with van der Waals surface area (Å²) in [6.07, 6.45) is 0. The molecule has 0 radical (unpaired) electrons. The topological polar surface area (TPSA) is 62.7 Å². The van der Waals surface area contributed by atoms with Crippen LogP contribution in [0.1, 0.15) is 18.3 Å². The molecule has 1 aliphatic heterocycles. The molecular weight excluding hydrogens is 378 g/mol. The van der Waals surface area contributed by atoms with Gasteiger partial charge in [0.2, 0.25) is 0 Å². The highest BCUT2D eigenvalue weighted by Gasteiger charge is 2.21. The smallest absolute Gasteiger partial charge is 0.347 e. The number of hydrogen-bond acceptors (Lipinski definition) is 6. The zero-order valence-electron chi connectivity index (χ0n) is 17.7. The molecule has 4 heterocycles. The molecular formula is C24H25N3O3. The average Bonchev–Trinajstić information content (AvgIpc) is 3.13. The molecule has 0 spiro atoms. The second kappa shape index (κ2) is 6.99. The molecule has 0 aliphatic carbocycles. The molecule has 0 amide bonds. The number of aromatic nitrogens is 1. The van der Waals surface area contributed by atoms with Gasteiger partial charge in [0, 0.05) is 53.9 Å². The van der Waals surface area contributed by atoms with Crippen LogP contribution in [0, 0.1) is 13.8 Å². The quantitative estimate of drug-likeness (QED) is 0.464. The Labute approximate surface area is 174 Å². The van der Waals surface area contributed by atoms with E-state index in [0.717, 1.165) is 47.5 Å². The van der Waals surface area contributed by atoms with Crippen molar-refractivity contribution >= 4 is 27.6 Å². The Morgan fingerprint density at radius 2 is 1.87 bits per heavy atom. The van der Waals surface area contributed by atoms with Crippen LogP contribution in [0.15, 0.2) is 50.0 Å². The van der Waals surface area contributed by atoms with E-state index in [-0.39, 0.29) is 0 Å². The molecule has 0 bridgehead atoms. The van der Waals surface area contributed by atoms with Crippen molar-refractivity contribution in [2.45, 2.75) is 26.8 Å². The Kier molecular flexibility index (Phi) is 4.40. The minimum Gasteiger partial charge on any atom is -0.454 e. The lowest BCUT2D eigenvalue weighted by molar-refractivity contribution is 0.234. The second-order valence-electron chi connectivity index (χ2n) is 8.32. The fraction of sp³-hybridized carbons (Fsp3) is 0.333. The van der Waals surface area contributed by atoms with E-state index in [1.807, 2.05) is 44.2 Å². The first-order valence-electron chi connectivity index (χ1n) is 10.3. The molecule has 1 aliphatic rings. The van der Waals surface area contributed by atoms with Crippen molar-refractivity contribution in [1.82, 2.24) is 9.88 Å². The van der Waals surface area contributed by atoms with Gasteiger partial charge in [0.1, 0.15) is 16.9 Å². The highest BCUT2D eigenvalue weighted by molar-refractivity contribution is 5.88. The molecule has 30 heavy (non-hydrogen) atoms. The lowest BCUT2D eigenvalue weighted by Gasteiger charge is -2.39. The molecule has 5 rings (SSSR count). The van der Waals surface area contributed by atoms with Gasteiger partial charge in [0.25, 0.3) is 0 Å². The van der Waals surface area contributed by atoms with Gasteiger partial charge < -0.3 is 18.6 Å². The number of pyridine rings is 1. The van der Waals surface area contributed by atoms with Crippen LogP contribution in [0.25, 0.3) is 33.3 Å².